The molecule has 0 spiro atoms. The number of nitrogens with one attached hydrogen (secondary N) is 1. The van der Waals surface area contributed by atoms with Crippen molar-refractivity contribution in [2.24, 2.45) is 5.10 Å². The lowest BCUT2D eigenvalue weighted by molar-refractivity contribution is 0.292. The van der Waals surface area contributed by atoms with E-state index in [0.29, 0.717) is 5.75 Å². The Kier molecular flexibility index (Phi) is 5.36. The minimum atomic E-state index is -0.621. The molecule has 1 N–H and O–H groups in total. The fourth-order valence-corrected chi connectivity index (χ4v) is 2.20. The van der Waals surface area contributed by atoms with Crippen LogP contribution < -0.4 is 10.2 Å². The molecule has 3 nitrogen and oxygen atoms in total. The molecule has 0 aliphatic carbocycles. The molecule has 0 bridgehead atoms. The number of anilines is 1. The second-order valence-electron chi connectivity index (χ2n) is 5.30. The van der Waals surface area contributed by atoms with Crippen molar-refractivity contribution >= 4 is 11.9 Å². The molecule has 0 atom stereocenters. The van der Waals surface area contributed by atoms with Gasteiger partial charge in [-0.2, -0.15) is 5.10 Å². The minimum Gasteiger partial charge on any atom is -0.489 e. The molecule has 126 valence electrons. The van der Waals surface area contributed by atoms with Crippen LogP contribution in [0, 0.1) is 11.6 Å². The molecule has 3 rings (SSSR count). The van der Waals surface area contributed by atoms with Gasteiger partial charge in [-0.1, -0.05) is 36.4 Å². The highest BCUT2D eigenvalue weighted by molar-refractivity contribution is 5.80. The maximum absolute atomic E-state index is 13.6. The van der Waals surface area contributed by atoms with Gasteiger partial charge in [-0.05, 0) is 42.0 Å². The molecular weight excluding hydrogens is 322 g/mol. The number of benzene rings is 3. The zero-order chi connectivity index (χ0) is 17.5. The molecule has 25 heavy (non-hydrogen) atoms. The van der Waals surface area contributed by atoms with E-state index in [-0.39, 0.29) is 12.2 Å². The van der Waals surface area contributed by atoms with Gasteiger partial charge in [0.15, 0.2) is 0 Å². The molecular formula is C20H16F2N2O. The van der Waals surface area contributed by atoms with Crippen molar-refractivity contribution in [1.82, 2.24) is 0 Å². The summed E-state index contributed by atoms with van der Waals surface area (Å²) in [6, 6.07) is 20.4. The fourth-order valence-electron chi connectivity index (χ4n) is 2.20. The Hall–Kier alpha value is -3.21. The quantitative estimate of drug-likeness (QED) is 0.507. The molecule has 0 aliphatic heterocycles. The SMILES string of the molecule is Fc1cccc(F)c1COc1cccc(C=NNc2ccccc2)c1. The lowest BCUT2D eigenvalue weighted by Crippen LogP contribution is -2.02. The number of rotatable bonds is 6. The first-order chi connectivity index (χ1) is 12.2. The van der Waals surface area contributed by atoms with Gasteiger partial charge in [-0.15, -0.1) is 0 Å². The van der Waals surface area contributed by atoms with Gasteiger partial charge in [0.25, 0.3) is 0 Å². The summed E-state index contributed by atoms with van der Waals surface area (Å²) in [7, 11) is 0. The van der Waals surface area contributed by atoms with Crippen molar-refractivity contribution in [3.8, 4) is 5.75 Å². The lowest BCUT2D eigenvalue weighted by Gasteiger charge is -2.08. The van der Waals surface area contributed by atoms with E-state index in [9.17, 15) is 8.78 Å². The lowest BCUT2D eigenvalue weighted by atomic mass is 10.2. The Bertz CT molecular complexity index is 846. The van der Waals surface area contributed by atoms with E-state index in [1.54, 1.807) is 24.4 Å². The van der Waals surface area contributed by atoms with Gasteiger partial charge in [-0.25, -0.2) is 8.78 Å². The van der Waals surface area contributed by atoms with Gasteiger partial charge in [0.05, 0.1) is 17.5 Å². The van der Waals surface area contributed by atoms with Crippen LogP contribution in [0.25, 0.3) is 0 Å². The second kappa shape index (κ2) is 8.06. The minimum absolute atomic E-state index is 0.0904. The van der Waals surface area contributed by atoms with Crippen LogP contribution in [0.1, 0.15) is 11.1 Å². The van der Waals surface area contributed by atoms with Crippen LogP contribution in [0.4, 0.5) is 14.5 Å². The number of halogens is 2. The molecule has 0 fully saturated rings. The maximum Gasteiger partial charge on any atom is 0.132 e. The molecule has 0 aromatic heterocycles. The smallest absolute Gasteiger partial charge is 0.132 e. The van der Waals surface area contributed by atoms with Gasteiger partial charge in [0.2, 0.25) is 0 Å². The first kappa shape index (κ1) is 16.6. The monoisotopic (exact) mass is 338 g/mol. The van der Waals surface area contributed by atoms with E-state index in [1.807, 2.05) is 36.4 Å². The van der Waals surface area contributed by atoms with E-state index in [0.717, 1.165) is 11.3 Å². The number of hydrogen-bond acceptors (Lipinski definition) is 3. The van der Waals surface area contributed by atoms with Gasteiger partial charge >= 0.3 is 0 Å². The Labute approximate surface area is 144 Å². The predicted molar refractivity (Wildman–Crippen MR) is 94.8 cm³/mol. The average Bonchev–Trinajstić information content (AvgIpc) is 2.63. The summed E-state index contributed by atoms with van der Waals surface area (Å²) in [6.45, 7) is -0.179. The summed E-state index contributed by atoms with van der Waals surface area (Å²) < 4.78 is 32.7. The average molecular weight is 338 g/mol. The first-order valence-electron chi connectivity index (χ1n) is 7.72. The van der Waals surface area contributed by atoms with E-state index < -0.39 is 11.6 Å². The number of hydrogen-bond donors (Lipinski definition) is 1. The zero-order valence-corrected chi connectivity index (χ0v) is 13.3. The number of ether oxygens (including phenoxy) is 1. The van der Waals surface area contributed by atoms with Gasteiger partial charge in [0, 0.05) is 0 Å². The topological polar surface area (TPSA) is 33.6 Å². The van der Waals surface area contributed by atoms with Crippen molar-refractivity contribution in [2.75, 3.05) is 5.43 Å². The Morgan fingerprint density at radius 3 is 2.36 bits per heavy atom. The van der Waals surface area contributed by atoms with E-state index in [2.05, 4.69) is 10.5 Å². The number of hydrazone groups is 1. The largest absolute Gasteiger partial charge is 0.489 e. The molecule has 3 aromatic rings. The Balaban J connectivity index is 1.63. The molecule has 3 aromatic carbocycles. The molecule has 0 unspecified atom stereocenters. The summed E-state index contributed by atoms with van der Waals surface area (Å²) in [5, 5.41) is 4.15. The number of para-hydroxylation sites is 1. The standard InChI is InChI=1S/C20H16F2N2O/c21-19-10-5-11-20(22)18(19)14-25-17-9-4-6-15(12-17)13-23-24-16-7-2-1-3-8-16/h1-13,24H,14H2. The zero-order valence-electron chi connectivity index (χ0n) is 13.3. The van der Waals surface area contributed by atoms with Gasteiger partial charge < -0.3 is 4.74 Å². The summed E-state index contributed by atoms with van der Waals surface area (Å²) in [5.41, 5.74) is 4.50. The normalized spacial score (nSPS) is 10.8. The molecule has 0 saturated carbocycles. The maximum atomic E-state index is 13.6. The van der Waals surface area contributed by atoms with Gasteiger partial charge in [0.1, 0.15) is 24.0 Å². The van der Waals surface area contributed by atoms with Crippen LogP contribution >= 0.6 is 0 Å². The fraction of sp³-hybridized carbons (Fsp3) is 0.0500. The summed E-state index contributed by atoms with van der Waals surface area (Å²) in [6.07, 6.45) is 1.64. The second-order valence-corrected chi connectivity index (χ2v) is 5.30. The van der Waals surface area contributed by atoms with Crippen LogP contribution in [-0.2, 0) is 6.61 Å². The van der Waals surface area contributed by atoms with Crippen molar-refractivity contribution in [1.29, 1.82) is 0 Å². The Morgan fingerprint density at radius 1 is 0.880 bits per heavy atom. The highest BCUT2D eigenvalue weighted by atomic mass is 19.1. The predicted octanol–water partition coefficient (Wildman–Crippen LogP) is 4.99. The van der Waals surface area contributed by atoms with Crippen molar-refractivity contribution in [2.45, 2.75) is 6.61 Å². The van der Waals surface area contributed by atoms with Gasteiger partial charge in [-0.3, -0.25) is 5.43 Å². The third kappa shape index (κ3) is 4.64. The molecule has 0 aliphatic rings. The van der Waals surface area contributed by atoms with Crippen molar-refractivity contribution < 1.29 is 13.5 Å². The van der Waals surface area contributed by atoms with Crippen LogP contribution in [0.5, 0.6) is 5.75 Å². The molecule has 5 heteroatoms. The summed E-state index contributed by atoms with van der Waals surface area (Å²) >= 11 is 0. The van der Waals surface area contributed by atoms with Crippen LogP contribution in [0.3, 0.4) is 0 Å². The van der Waals surface area contributed by atoms with Crippen molar-refractivity contribution in [3.05, 3.63) is 95.6 Å². The molecule has 0 heterocycles. The van der Waals surface area contributed by atoms with Crippen LogP contribution in [0.15, 0.2) is 77.9 Å². The molecule has 0 saturated heterocycles. The van der Waals surface area contributed by atoms with E-state index >= 15 is 0 Å². The number of nitrogens with zero attached hydrogens (tertiary/aromatic N) is 1. The highest BCUT2D eigenvalue weighted by Crippen LogP contribution is 2.18. The van der Waals surface area contributed by atoms with Crippen LogP contribution in [0.2, 0.25) is 0 Å². The van der Waals surface area contributed by atoms with E-state index in [4.69, 9.17) is 4.74 Å². The Morgan fingerprint density at radius 2 is 1.60 bits per heavy atom. The molecule has 0 radical (unpaired) electrons. The third-order valence-corrected chi connectivity index (χ3v) is 3.48. The third-order valence-electron chi connectivity index (χ3n) is 3.48. The van der Waals surface area contributed by atoms with Crippen molar-refractivity contribution in [3.63, 3.8) is 0 Å². The van der Waals surface area contributed by atoms with Crippen LogP contribution in [-0.4, -0.2) is 6.21 Å². The highest BCUT2D eigenvalue weighted by Gasteiger charge is 2.09. The summed E-state index contributed by atoms with van der Waals surface area (Å²) in [5.74, 6) is -0.735. The first-order valence-corrected chi connectivity index (χ1v) is 7.72. The molecule has 0 amide bonds. The summed E-state index contributed by atoms with van der Waals surface area (Å²) in [4.78, 5) is 0. The van der Waals surface area contributed by atoms with E-state index in [1.165, 1.54) is 18.2 Å².